The number of nitrogens with zero attached hydrogens (tertiary/aromatic N) is 4. The van der Waals surface area contributed by atoms with E-state index in [0.29, 0.717) is 11.6 Å². The molecule has 0 aliphatic carbocycles. The fourth-order valence-corrected chi connectivity index (χ4v) is 2.69. The Balaban J connectivity index is 1.73. The number of amides is 1. The lowest BCUT2D eigenvalue weighted by Crippen LogP contribution is -2.17. The molecular formula is C18H17N5O4. The molecule has 9 heteroatoms. The average molecular weight is 367 g/mol. The molecule has 0 spiro atoms. The topological polar surface area (TPSA) is 116 Å². The Bertz CT molecular complexity index is 1030. The number of hydrogen-bond donors (Lipinski definition) is 1. The van der Waals surface area contributed by atoms with E-state index >= 15 is 0 Å². The lowest BCUT2D eigenvalue weighted by atomic mass is 10.2. The van der Waals surface area contributed by atoms with Gasteiger partial charge >= 0.3 is 0 Å². The smallest absolute Gasteiger partial charge is 0.271 e. The number of nitro benzene ring substituents is 1. The number of aryl methyl sites for hydroxylation is 2. The average Bonchev–Trinajstić information content (AvgIpc) is 3.17. The Morgan fingerprint density at radius 2 is 1.96 bits per heavy atom. The highest BCUT2D eigenvalue weighted by molar-refractivity contribution is 5.95. The number of hydrazone groups is 1. The van der Waals surface area contributed by atoms with Crippen molar-refractivity contribution in [1.29, 1.82) is 0 Å². The summed E-state index contributed by atoms with van der Waals surface area (Å²) in [6.07, 6.45) is 1.54. The summed E-state index contributed by atoms with van der Waals surface area (Å²) in [5.41, 5.74) is 5.28. The van der Waals surface area contributed by atoms with Crippen LogP contribution in [0.2, 0.25) is 0 Å². The van der Waals surface area contributed by atoms with Crippen molar-refractivity contribution in [2.24, 2.45) is 5.10 Å². The second kappa shape index (κ2) is 7.24. The number of aromatic nitrogens is 2. The molecule has 0 saturated carbocycles. The number of non-ortho nitro benzene ring substituents is 1. The summed E-state index contributed by atoms with van der Waals surface area (Å²) in [7, 11) is 0. The number of carbonyl (C=O) groups excluding carboxylic acids is 1. The number of benzene rings is 1. The first-order valence-electron chi connectivity index (χ1n) is 8.07. The summed E-state index contributed by atoms with van der Waals surface area (Å²) < 4.78 is 7.05. The molecule has 138 valence electrons. The van der Waals surface area contributed by atoms with Crippen LogP contribution in [-0.2, 0) is 0 Å². The van der Waals surface area contributed by atoms with Crippen LogP contribution < -0.4 is 5.43 Å². The Labute approximate surface area is 154 Å². The van der Waals surface area contributed by atoms with E-state index in [9.17, 15) is 14.9 Å². The molecule has 9 nitrogen and oxygen atoms in total. The van der Waals surface area contributed by atoms with E-state index in [0.717, 1.165) is 17.0 Å². The van der Waals surface area contributed by atoms with E-state index in [1.807, 2.05) is 37.5 Å². The van der Waals surface area contributed by atoms with Crippen LogP contribution in [-0.4, -0.2) is 26.8 Å². The highest BCUT2D eigenvalue weighted by Gasteiger charge is 2.13. The fourth-order valence-electron chi connectivity index (χ4n) is 2.69. The Morgan fingerprint density at radius 3 is 2.56 bits per heavy atom. The van der Waals surface area contributed by atoms with Gasteiger partial charge in [0.15, 0.2) is 5.82 Å². The van der Waals surface area contributed by atoms with E-state index in [1.54, 1.807) is 0 Å². The lowest BCUT2D eigenvalue weighted by Gasteiger charge is -2.03. The third-order valence-corrected chi connectivity index (χ3v) is 4.02. The van der Waals surface area contributed by atoms with Gasteiger partial charge in [-0.3, -0.25) is 19.5 Å². The van der Waals surface area contributed by atoms with Crippen molar-refractivity contribution >= 4 is 17.8 Å². The normalized spacial score (nSPS) is 11.1. The molecule has 2 aromatic heterocycles. The van der Waals surface area contributed by atoms with Crippen molar-refractivity contribution in [1.82, 2.24) is 15.1 Å². The minimum atomic E-state index is -0.522. The second-order valence-electron chi connectivity index (χ2n) is 5.96. The van der Waals surface area contributed by atoms with Crippen LogP contribution in [0.5, 0.6) is 0 Å². The first-order valence-corrected chi connectivity index (χ1v) is 8.07. The van der Waals surface area contributed by atoms with Gasteiger partial charge in [-0.25, -0.2) is 5.43 Å². The maximum absolute atomic E-state index is 12.1. The number of rotatable bonds is 5. The standard InChI is InChI=1S/C18H17N5O4/c1-11-8-15(13(3)22(11)17-9-12(2)27-21-17)10-19-20-18(24)14-4-6-16(7-5-14)23(25)26/h4-10H,1-3H3,(H,20,24)/b19-10-. The Morgan fingerprint density at radius 1 is 1.26 bits per heavy atom. The van der Waals surface area contributed by atoms with Crippen molar-refractivity contribution in [2.75, 3.05) is 0 Å². The molecule has 3 rings (SSSR count). The zero-order chi connectivity index (χ0) is 19.6. The second-order valence-corrected chi connectivity index (χ2v) is 5.96. The summed E-state index contributed by atoms with van der Waals surface area (Å²) in [5.74, 6) is 0.933. The van der Waals surface area contributed by atoms with Crippen molar-refractivity contribution < 1.29 is 14.2 Å². The van der Waals surface area contributed by atoms with Crippen LogP contribution in [0.25, 0.3) is 5.82 Å². The van der Waals surface area contributed by atoms with E-state index in [4.69, 9.17) is 4.52 Å². The van der Waals surface area contributed by atoms with Gasteiger partial charge in [-0.05, 0) is 39.0 Å². The number of hydrogen-bond acceptors (Lipinski definition) is 6. The maximum Gasteiger partial charge on any atom is 0.271 e. The number of carbonyl (C=O) groups is 1. The van der Waals surface area contributed by atoms with Crippen LogP contribution in [0.4, 0.5) is 5.69 Å². The van der Waals surface area contributed by atoms with Gasteiger partial charge in [0.05, 0.1) is 11.1 Å². The van der Waals surface area contributed by atoms with Gasteiger partial charge in [0.25, 0.3) is 11.6 Å². The van der Waals surface area contributed by atoms with Gasteiger partial charge in [-0.2, -0.15) is 5.10 Å². The summed E-state index contributed by atoms with van der Waals surface area (Å²) >= 11 is 0. The zero-order valence-electron chi connectivity index (χ0n) is 15.0. The van der Waals surface area contributed by atoms with Gasteiger partial charge in [0.1, 0.15) is 5.76 Å². The molecule has 1 aromatic carbocycles. The van der Waals surface area contributed by atoms with Crippen molar-refractivity contribution in [3.05, 3.63) is 74.8 Å². The van der Waals surface area contributed by atoms with Crippen molar-refractivity contribution in [3.8, 4) is 5.82 Å². The minimum absolute atomic E-state index is 0.0782. The summed E-state index contributed by atoms with van der Waals surface area (Å²) in [4.78, 5) is 22.2. The fraction of sp³-hybridized carbons (Fsp3) is 0.167. The van der Waals surface area contributed by atoms with Crippen LogP contribution >= 0.6 is 0 Å². The predicted octanol–water partition coefficient (Wildman–Crippen LogP) is 3.06. The van der Waals surface area contributed by atoms with Crippen molar-refractivity contribution in [2.45, 2.75) is 20.8 Å². The summed E-state index contributed by atoms with van der Waals surface area (Å²) in [6.45, 7) is 5.67. The molecular weight excluding hydrogens is 350 g/mol. The lowest BCUT2D eigenvalue weighted by molar-refractivity contribution is -0.384. The van der Waals surface area contributed by atoms with Crippen LogP contribution in [0.1, 0.15) is 33.1 Å². The third-order valence-electron chi connectivity index (χ3n) is 4.02. The number of nitro groups is 1. The molecule has 0 atom stereocenters. The molecule has 1 N–H and O–H groups in total. The van der Waals surface area contributed by atoms with E-state index in [1.165, 1.54) is 30.5 Å². The maximum atomic E-state index is 12.1. The largest absolute Gasteiger partial charge is 0.360 e. The van der Waals surface area contributed by atoms with Gasteiger partial charge in [0, 0.05) is 40.7 Å². The van der Waals surface area contributed by atoms with Crippen LogP contribution in [0.3, 0.4) is 0 Å². The Kier molecular flexibility index (Phi) is 4.84. The molecule has 0 saturated heterocycles. The van der Waals surface area contributed by atoms with E-state index in [2.05, 4.69) is 15.7 Å². The van der Waals surface area contributed by atoms with Crippen LogP contribution in [0, 0.1) is 30.9 Å². The zero-order valence-corrected chi connectivity index (χ0v) is 15.0. The molecule has 27 heavy (non-hydrogen) atoms. The third kappa shape index (κ3) is 3.76. The van der Waals surface area contributed by atoms with Gasteiger partial charge < -0.3 is 4.52 Å². The van der Waals surface area contributed by atoms with Gasteiger partial charge in [-0.15, -0.1) is 0 Å². The first-order chi connectivity index (χ1) is 12.9. The molecule has 0 radical (unpaired) electrons. The monoisotopic (exact) mass is 367 g/mol. The Hall–Kier alpha value is -3.75. The summed E-state index contributed by atoms with van der Waals surface area (Å²) in [6, 6.07) is 9.04. The van der Waals surface area contributed by atoms with Crippen LogP contribution in [0.15, 0.2) is 46.0 Å². The minimum Gasteiger partial charge on any atom is -0.360 e. The SMILES string of the molecule is Cc1cc(-n2c(C)cc(/C=N\NC(=O)c3ccc([N+](=O)[O-])cc3)c2C)no1. The summed E-state index contributed by atoms with van der Waals surface area (Å²) in [5, 5.41) is 18.6. The molecule has 0 aliphatic heterocycles. The highest BCUT2D eigenvalue weighted by Crippen LogP contribution is 2.19. The molecule has 0 aliphatic rings. The van der Waals surface area contributed by atoms with Crippen molar-refractivity contribution in [3.63, 3.8) is 0 Å². The molecule has 0 fully saturated rings. The quantitative estimate of drug-likeness (QED) is 0.423. The first kappa shape index (κ1) is 18.1. The molecule has 3 aromatic rings. The molecule has 0 unspecified atom stereocenters. The molecule has 2 heterocycles. The number of nitrogens with one attached hydrogen (secondary N) is 1. The molecule has 0 bridgehead atoms. The van der Waals surface area contributed by atoms with Gasteiger partial charge in [0.2, 0.25) is 0 Å². The highest BCUT2D eigenvalue weighted by atomic mass is 16.6. The van der Waals surface area contributed by atoms with Gasteiger partial charge in [-0.1, -0.05) is 5.16 Å². The predicted molar refractivity (Wildman–Crippen MR) is 98.2 cm³/mol. The van der Waals surface area contributed by atoms with E-state index in [-0.39, 0.29) is 11.3 Å². The van der Waals surface area contributed by atoms with E-state index < -0.39 is 10.8 Å². The molecule has 1 amide bonds.